The lowest BCUT2D eigenvalue weighted by atomic mass is 10.2. The molecular formula is C13H7Cl2O5S-. The van der Waals surface area contributed by atoms with E-state index in [0.29, 0.717) is 0 Å². The van der Waals surface area contributed by atoms with E-state index in [1.807, 2.05) is 0 Å². The van der Waals surface area contributed by atoms with Crippen LogP contribution in [0.25, 0.3) is 0 Å². The first kappa shape index (κ1) is 15.6. The zero-order valence-electron chi connectivity index (χ0n) is 10.2. The van der Waals surface area contributed by atoms with Crippen molar-refractivity contribution < 1.29 is 22.5 Å². The number of hydrogen-bond donors (Lipinski definition) is 0. The normalized spacial score (nSPS) is 11.1. The molecule has 0 aromatic heterocycles. The average molecular weight is 346 g/mol. The second-order valence-electron chi connectivity index (χ2n) is 3.93. The molecule has 0 saturated carbocycles. The number of rotatable bonds is 4. The van der Waals surface area contributed by atoms with Gasteiger partial charge in [-0.15, -0.1) is 0 Å². The smallest absolute Gasteiger partial charge is 0.339 e. The molecule has 5 nitrogen and oxygen atoms in total. The number of carboxylic acid groups (broad SMARTS) is 1. The summed E-state index contributed by atoms with van der Waals surface area (Å²) >= 11 is 11.5. The van der Waals surface area contributed by atoms with Crippen LogP contribution in [-0.2, 0) is 10.1 Å². The Labute approximate surface area is 130 Å². The summed E-state index contributed by atoms with van der Waals surface area (Å²) in [7, 11) is -4.09. The number of carbonyl (C=O) groups is 1. The second kappa shape index (κ2) is 5.93. The zero-order valence-corrected chi connectivity index (χ0v) is 12.6. The third-order valence-corrected chi connectivity index (χ3v) is 4.46. The highest BCUT2D eigenvalue weighted by atomic mass is 35.5. The first-order valence-electron chi connectivity index (χ1n) is 5.50. The summed E-state index contributed by atoms with van der Waals surface area (Å²) in [5, 5.41) is 10.9. The third-order valence-electron chi connectivity index (χ3n) is 2.48. The predicted octanol–water partition coefficient (Wildman–Crippen LogP) is 2.12. The standard InChI is InChI=1S/C13H8Cl2O5S/c14-11-6-5-10(7-12(11)15)21(18,19)20-9-3-1-8(2-4-9)13(16)17/h1-7H,(H,16,17)/p-1. The minimum absolute atomic E-state index is 0.0360. The summed E-state index contributed by atoms with van der Waals surface area (Å²) in [6.45, 7) is 0. The molecule has 2 aromatic carbocycles. The first-order valence-corrected chi connectivity index (χ1v) is 7.67. The second-order valence-corrected chi connectivity index (χ2v) is 6.29. The van der Waals surface area contributed by atoms with E-state index in [-0.39, 0.29) is 26.3 Å². The highest BCUT2D eigenvalue weighted by Gasteiger charge is 2.18. The Morgan fingerprint density at radius 2 is 1.62 bits per heavy atom. The number of halogens is 2. The van der Waals surface area contributed by atoms with Gasteiger partial charge in [-0.1, -0.05) is 23.2 Å². The van der Waals surface area contributed by atoms with Crippen LogP contribution < -0.4 is 9.29 Å². The summed E-state index contributed by atoms with van der Waals surface area (Å²) in [4.78, 5) is 10.4. The molecule has 0 aliphatic carbocycles. The van der Waals surface area contributed by atoms with Crippen molar-refractivity contribution in [3.8, 4) is 5.75 Å². The van der Waals surface area contributed by atoms with Gasteiger partial charge in [-0.25, -0.2) is 0 Å². The molecule has 0 N–H and O–H groups in total. The average Bonchev–Trinajstić information content (AvgIpc) is 2.42. The highest BCUT2D eigenvalue weighted by molar-refractivity contribution is 7.87. The molecule has 110 valence electrons. The lowest BCUT2D eigenvalue weighted by Crippen LogP contribution is -2.22. The van der Waals surface area contributed by atoms with Crippen molar-refractivity contribution in [1.29, 1.82) is 0 Å². The van der Waals surface area contributed by atoms with Crippen LogP contribution in [0.5, 0.6) is 5.75 Å². The number of benzene rings is 2. The molecule has 0 heterocycles. The summed E-state index contributed by atoms with van der Waals surface area (Å²) in [5.74, 6) is -1.40. The molecule has 0 aliphatic rings. The molecule has 0 aliphatic heterocycles. The third kappa shape index (κ3) is 3.66. The van der Waals surface area contributed by atoms with Crippen LogP contribution in [0, 0.1) is 0 Å². The minimum Gasteiger partial charge on any atom is -0.545 e. The van der Waals surface area contributed by atoms with Crippen LogP contribution in [0.4, 0.5) is 0 Å². The topological polar surface area (TPSA) is 83.5 Å². The van der Waals surface area contributed by atoms with Crippen molar-refractivity contribution in [1.82, 2.24) is 0 Å². The fourth-order valence-corrected chi connectivity index (χ4v) is 2.77. The quantitative estimate of drug-likeness (QED) is 0.792. The van der Waals surface area contributed by atoms with E-state index >= 15 is 0 Å². The predicted molar refractivity (Wildman–Crippen MR) is 75.0 cm³/mol. The van der Waals surface area contributed by atoms with Crippen molar-refractivity contribution in [2.24, 2.45) is 0 Å². The molecule has 0 radical (unpaired) electrons. The van der Waals surface area contributed by atoms with Gasteiger partial charge in [0, 0.05) is 0 Å². The van der Waals surface area contributed by atoms with Gasteiger partial charge in [0.2, 0.25) is 0 Å². The maximum absolute atomic E-state index is 12.0. The van der Waals surface area contributed by atoms with E-state index in [9.17, 15) is 18.3 Å². The molecule has 0 bridgehead atoms. The first-order chi connectivity index (χ1) is 9.79. The van der Waals surface area contributed by atoms with Gasteiger partial charge in [0.25, 0.3) is 0 Å². The van der Waals surface area contributed by atoms with Crippen LogP contribution in [0.3, 0.4) is 0 Å². The summed E-state index contributed by atoms with van der Waals surface area (Å²) in [5.41, 5.74) is -0.0886. The Bertz CT molecular complexity index is 785. The lowest BCUT2D eigenvalue weighted by molar-refractivity contribution is -0.255. The fourth-order valence-electron chi connectivity index (χ4n) is 1.45. The number of carboxylic acids is 1. The largest absolute Gasteiger partial charge is 0.545 e. The molecular weight excluding hydrogens is 339 g/mol. The molecule has 0 atom stereocenters. The molecule has 21 heavy (non-hydrogen) atoms. The van der Waals surface area contributed by atoms with Gasteiger partial charge in [0.15, 0.2) is 0 Å². The minimum atomic E-state index is -4.09. The molecule has 8 heteroatoms. The van der Waals surface area contributed by atoms with Gasteiger partial charge in [0.05, 0.1) is 16.0 Å². The van der Waals surface area contributed by atoms with E-state index in [4.69, 9.17) is 27.4 Å². The van der Waals surface area contributed by atoms with Crippen molar-refractivity contribution in [2.45, 2.75) is 4.90 Å². The highest BCUT2D eigenvalue weighted by Crippen LogP contribution is 2.26. The van der Waals surface area contributed by atoms with Crippen molar-refractivity contribution in [3.63, 3.8) is 0 Å². The Balaban J connectivity index is 2.28. The van der Waals surface area contributed by atoms with Crippen molar-refractivity contribution in [3.05, 3.63) is 58.1 Å². The van der Waals surface area contributed by atoms with Crippen LogP contribution in [0.15, 0.2) is 47.4 Å². The molecule has 2 rings (SSSR count). The summed E-state index contributed by atoms with van der Waals surface area (Å²) in [6.07, 6.45) is 0. The maximum atomic E-state index is 12.0. The van der Waals surface area contributed by atoms with E-state index in [2.05, 4.69) is 0 Å². The number of aromatic carboxylic acids is 1. The van der Waals surface area contributed by atoms with Crippen LogP contribution >= 0.6 is 23.2 Å². The molecule has 0 fully saturated rings. The Morgan fingerprint density at radius 1 is 1.00 bits per heavy atom. The molecule has 2 aromatic rings. The van der Waals surface area contributed by atoms with E-state index in [1.54, 1.807) is 0 Å². The Hall–Kier alpha value is -1.76. The summed E-state index contributed by atoms with van der Waals surface area (Å²) in [6, 6.07) is 8.51. The monoisotopic (exact) mass is 345 g/mol. The molecule has 0 amide bonds. The van der Waals surface area contributed by atoms with E-state index in [1.165, 1.54) is 36.4 Å². The van der Waals surface area contributed by atoms with Gasteiger partial charge in [-0.05, 0) is 48.0 Å². The van der Waals surface area contributed by atoms with Crippen molar-refractivity contribution >= 4 is 39.3 Å². The lowest BCUT2D eigenvalue weighted by Gasteiger charge is -2.09. The SMILES string of the molecule is O=C([O-])c1ccc(OS(=O)(=O)c2ccc(Cl)c(Cl)c2)cc1. The number of hydrogen-bond acceptors (Lipinski definition) is 5. The van der Waals surface area contributed by atoms with Gasteiger partial charge >= 0.3 is 10.1 Å². The van der Waals surface area contributed by atoms with Gasteiger partial charge in [-0.3, -0.25) is 0 Å². The fraction of sp³-hybridized carbons (Fsp3) is 0. The molecule has 0 saturated heterocycles. The van der Waals surface area contributed by atoms with Crippen LogP contribution in [0.2, 0.25) is 10.0 Å². The zero-order chi connectivity index (χ0) is 15.6. The Kier molecular flexibility index (Phi) is 4.41. The molecule has 0 spiro atoms. The van der Waals surface area contributed by atoms with Crippen molar-refractivity contribution in [2.75, 3.05) is 0 Å². The van der Waals surface area contributed by atoms with Gasteiger partial charge in [-0.2, -0.15) is 8.42 Å². The molecule has 0 unspecified atom stereocenters. The number of carbonyl (C=O) groups excluding carboxylic acids is 1. The van der Waals surface area contributed by atoms with Gasteiger partial charge in [0.1, 0.15) is 10.6 Å². The van der Waals surface area contributed by atoms with Crippen LogP contribution in [-0.4, -0.2) is 14.4 Å². The summed E-state index contributed by atoms with van der Waals surface area (Å²) < 4.78 is 28.9. The van der Waals surface area contributed by atoms with E-state index < -0.39 is 16.1 Å². The Morgan fingerprint density at radius 3 is 2.14 bits per heavy atom. The maximum Gasteiger partial charge on any atom is 0.339 e. The van der Waals surface area contributed by atoms with Gasteiger partial charge < -0.3 is 14.1 Å². The van der Waals surface area contributed by atoms with Crippen LogP contribution in [0.1, 0.15) is 10.4 Å². The van der Waals surface area contributed by atoms with E-state index in [0.717, 1.165) is 6.07 Å².